The van der Waals surface area contributed by atoms with E-state index in [1.165, 1.54) is 12.1 Å². The minimum Gasteiger partial charge on any atom is -0.380 e. The third-order valence-electron chi connectivity index (χ3n) is 4.79. The third-order valence-corrected chi connectivity index (χ3v) is 4.79. The lowest BCUT2D eigenvalue weighted by Gasteiger charge is -2.16. The molecule has 7 heteroatoms. The molecular formula is C22H25FN4O2. The van der Waals surface area contributed by atoms with Crippen LogP contribution in [0, 0.1) is 12.7 Å². The summed E-state index contributed by atoms with van der Waals surface area (Å²) in [6, 6.07) is 13.5. The molecule has 0 radical (unpaired) electrons. The van der Waals surface area contributed by atoms with Gasteiger partial charge in [-0.2, -0.15) is 5.10 Å². The van der Waals surface area contributed by atoms with Crippen LogP contribution in [0.1, 0.15) is 35.3 Å². The molecule has 0 spiro atoms. The van der Waals surface area contributed by atoms with Gasteiger partial charge in [0, 0.05) is 24.9 Å². The van der Waals surface area contributed by atoms with E-state index in [-0.39, 0.29) is 17.9 Å². The molecule has 1 atom stereocenters. The lowest BCUT2D eigenvalue weighted by molar-refractivity contribution is 0.184. The Morgan fingerprint density at radius 3 is 2.55 bits per heavy atom. The molecule has 152 valence electrons. The molecule has 1 aromatic heterocycles. The van der Waals surface area contributed by atoms with Crippen LogP contribution in [0.15, 0.2) is 54.7 Å². The Kier molecular flexibility index (Phi) is 6.61. The average Bonchev–Trinajstić information content (AvgIpc) is 3.09. The Hall–Kier alpha value is -3.19. The number of nitrogens with one attached hydrogen (secondary N) is 2. The number of rotatable bonds is 7. The number of carbonyl (C=O) groups is 1. The van der Waals surface area contributed by atoms with Gasteiger partial charge in [0.25, 0.3) is 0 Å². The molecule has 0 aliphatic heterocycles. The number of nitrogens with zero attached hydrogens (tertiary/aromatic N) is 2. The number of methoxy groups -OCH3 is 1. The van der Waals surface area contributed by atoms with Crippen LogP contribution in [0.5, 0.6) is 0 Å². The average molecular weight is 396 g/mol. The van der Waals surface area contributed by atoms with Crippen LogP contribution in [0.3, 0.4) is 0 Å². The second kappa shape index (κ2) is 9.34. The first kappa shape index (κ1) is 20.5. The summed E-state index contributed by atoms with van der Waals surface area (Å²) in [7, 11) is 1.65. The molecule has 0 fully saturated rings. The van der Waals surface area contributed by atoms with Gasteiger partial charge in [-0.1, -0.05) is 24.3 Å². The number of carbonyl (C=O) groups excluding carboxylic acids is 1. The standard InChI is InChI=1S/C22H25FN4O2/c1-15(21-13-25-27(16(21)2)20-10-8-19(23)9-11-20)26-22(28)24-12-17-6-4-5-7-18(17)14-29-3/h4-11,13,15H,12,14H2,1-3H3,(H2,24,26,28)/t15-/m1/s1. The summed E-state index contributed by atoms with van der Waals surface area (Å²) in [6.07, 6.45) is 1.72. The number of hydrogen-bond donors (Lipinski definition) is 2. The van der Waals surface area contributed by atoms with Crippen molar-refractivity contribution in [2.75, 3.05) is 7.11 Å². The number of hydrogen-bond acceptors (Lipinski definition) is 3. The summed E-state index contributed by atoms with van der Waals surface area (Å²) in [4.78, 5) is 12.4. The van der Waals surface area contributed by atoms with E-state index in [1.54, 1.807) is 30.1 Å². The van der Waals surface area contributed by atoms with Crippen molar-refractivity contribution in [1.29, 1.82) is 0 Å². The van der Waals surface area contributed by atoms with E-state index < -0.39 is 0 Å². The van der Waals surface area contributed by atoms with Gasteiger partial charge < -0.3 is 15.4 Å². The molecule has 0 saturated heterocycles. The number of urea groups is 1. The summed E-state index contributed by atoms with van der Waals surface area (Å²) < 4.78 is 20.1. The van der Waals surface area contributed by atoms with E-state index in [9.17, 15) is 9.18 Å². The van der Waals surface area contributed by atoms with E-state index in [1.807, 2.05) is 38.1 Å². The largest absolute Gasteiger partial charge is 0.380 e. The number of benzene rings is 2. The van der Waals surface area contributed by atoms with Crippen molar-refractivity contribution in [1.82, 2.24) is 20.4 Å². The van der Waals surface area contributed by atoms with Crippen LogP contribution in [0.25, 0.3) is 5.69 Å². The molecule has 2 N–H and O–H groups in total. The van der Waals surface area contributed by atoms with Gasteiger partial charge in [0.15, 0.2) is 0 Å². The highest BCUT2D eigenvalue weighted by Crippen LogP contribution is 2.20. The fourth-order valence-electron chi connectivity index (χ4n) is 3.22. The van der Waals surface area contributed by atoms with E-state index in [2.05, 4.69) is 15.7 Å². The zero-order valence-corrected chi connectivity index (χ0v) is 16.8. The first-order valence-electron chi connectivity index (χ1n) is 9.40. The highest BCUT2D eigenvalue weighted by Gasteiger charge is 2.16. The van der Waals surface area contributed by atoms with E-state index in [0.29, 0.717) is 13.2 Å². The Labute approximate surface area is 169 Å². The SMILES string of the molecule is COCc1ccccc1CNC(=O)N[C@H](C)c1cnn(-c2ccc(F)cc2)c1C. The molecule has 0 aliphatic rings. The van der Waals surface area contributed by atoms with E-state index in [0.717, 1.165) is 28.1 Å². The molecule has 3 rings (SSSR count). The first-order valence-corrected chi connectivity index (χ1v) is 9.40. The van der Waals surface area contributed by atoms with Gasteiger partial charge in [0.1, 0.15) is 5.82 Å². The van der Waals surface area contributed by atoms with Gasteiger partial charge in [0.05, 0.1) is 24.5 Å². The molecule has 2 aromatic carbocycles. The summed E-state index contributed by atoms with van der Waals surface area (Å²) >= 11 is 0. The molecule has 0 aliphatic carbocycles. The monoisotopic (exact) mass is 396 g/mol. The minimum atomic E-state index is -0.294. The predicted molar refractivity (Wildman–Crippen MR) is 109 cm³/mol. The van der Waals surface area contributed by atoms with Gasteiger partial charge in [-0.25, -0.2) is 13.9 Å². The van der Waals surface area contributed by atoms with Gasteiger partial charge in [-0.05, 0) is 49.2 Å². The number of aromatic nitrogens is 2. The molecular weight excluding hydrogens is 371 g/mol. The maximum absolute atomic E-state index is 13.2. The van der Waals surface area contributed by atoms with Crippen molar-refractivity contribution < 1.29 is 13.9 Å². The topological polar surface area (TPSA) is 68.2 Å². The van der Waals surface area contributed by atoms with Crippen LogP contribution in [-0.2, 0) is 17.9 Å². The van der Waals surface area contributed by atoms with Crippen molar-refractivity contribution >= 4 is 6.03 Å². The maximum Gasteiger partial charge on any atom is 0.315 e. The molecule has 1 heterocycles. The van der Waals surface area contributed by atoms with Gasteiger partial charge >= 0.3 is 6.03 Å². The smallest absolute Gasteiger partial charge is 0.315 e. The van der Waals surface area contributed by atoms with Gasteiger partial charge in [-0.3, -0.25) is 0 Å². The van der Waals surface area contributed by atoms with Crippen molar-refractivity contribution in [3.05, 3.63) is 82.9 Å². The Morgan fingerprint density at radius 2 is 1.86 bits per heavy atom. The highest BCUT2D eigenvalue weighted by atomic mass is 19.1. The van der Waals surface area contributed by atoms with Gasteiger partial charge in [-0.15, -0.1) is 0 Å². The summed E-state index contributed by atoms with van der Waals surface area (Å²) in [6.45, 7) is 4.73. The maximum atomic E-state index is 13.2. The van der Waals surface area contributed by atoms with Gasteiger partial charge in [0.2, 0.25) is 0 Å². The van der Waals surface area contributed by atoms with Crippen molar-refractivity contribution in [3.8, 4) is 5.69 Å². The number of amides is 2. The molecule has 0 saturated carbocycles. The molecule has 0 bridgehead atoms. The van der Waals surface area contributed by atoms with Crippen LogP contribution >= 0.6 is 0 Å². The highest BCUT2D eigenvalue weighted by molar-refractivity contribution is 5.74. The van der Waals surface area contributed by atoms with E-state index in [4.69, 9.17) is 4.74 Å². The zero-order valence-electron chi connectivity index (χ0n) is 16.8. The second-order valence-electron chi connectivity index (χ2n) is 6.82. The molecule has 6 nitrogen and oxygen atoms in total. The summed E-state index contributed by atoms with van der Waals surface area (Å²) in [5, 5.41) is 10.2. The van der Waals surface area contributed by atoms with Crippen LogP contribution in [0.2, 0.25) is 0 Å². The minimum absolute atomic E-state index is 0.238. The number of halogens is 1. The normalized spacial score (nSPS) is 11.9. The van der Waals surface area contributed by atoms with Crippen molar-refractivity contribution in [2.24, 2.45) is 0 Å². The quantitative estimate of drug-likeness (QED) is 0.634. The van der Waals surface area contributed by atoms with Crippen molar-refractivity contribution in [3.63, 3.8) is 0 Å². The van der Waals surface area contributed by atoms with Crippen LogP contribution in [0.4, 0.5) is 9.18 Å². The Balaban J connectivity index is 1.62. The molecule has 2 amide bonds. The third kappa shape index (κ3) is 5.00. The number of ether oxygens (including phenoxy) is 1. The first-order chi connectivity index (χ1) is 14.0. The molecule has 29 heavy (non-hydrogen) atoms. The van der Waals surface area contributed by atoms with Crippen LogP contribution < -0.4 is 10.6 Å². The van der Waals surface area contributed by atoms with E-state index >= 15 is 0 Å². The lowest BCUT2D eigenvalue weighted by Crippen LogP contribution is -2.37. The molecule has 3 aromatic rings. The Bertz CT molecular complexity index is 969. The zero-order chi connectivity index (χ0) is 20.8. The second-order valence-corrected chi connectivity index (χ2v) is 6.82. The fraction of sp³-hybridized carbons (Fsp3) is 0.273. The fourth-order valence-corrected chi connectivity index (χ4v) is 3.22. The lowest BCUT2D eigenvalue weighted by atomic mass is 10.1. The van der Waals surface area contributed by atoms with Crippen molar-refractivity contribution in [2.45, 2.75) is 33.0 Å². The van der Waals surface area contributed by atoms with Crippen LogP contribution in [-0.4, -0.2) is 22.9 Å². The summed E-state index contributed by atoms with van der Waals surface area (Å²) in [5.74, 6) is -0.294. The summed E-state index contributed by atoms with van der Waals surface area (Å²) in [5.41, 5.74) is 4.60. The Morgan fingerprint density at radius 1 is 1.17 bits per heavy atom. The molecule has 0 unspecified atom stereocenters. The predicted octanol–water partition coefficient (Wildman–Crippen LogP) is 4.03.